The summed E-state index contributed by atoms with van der Waals surface area (Å²) in [5.41, 5.74) is 6.38. The second-order valence-electron chi connectivity index (χ2n) is 3.59. The van der Waals surface area contributed by atoms with Gasteiger partial charge in [0.15, 0.2) is 0 Å². The van der Waals surface area contributed by atoms with Crippen molar-refractivity contribution in [3.63, 3.8) is 0 Å². The summed E-state index contributed by atoms with van der Waals surface area (Å²) in [4.78, 5) is 10.7. The summed E-state index contributed by atoms with van der Waals surface area (Å²) < 4.78 is 1.79. The average Bonchev–Trinajstić information content (AvgIpc) is 2.63. The van der Waals surface area contributed by atoms with Gasteiger partial charge in [0.2, 0.25) is 0 Å². The van der Waals surface area contributed by atoms with Gasteiger partial charge in [-0.2, -0.15) is 0 Å². The number of aliphatic carboxylic acids is 1. The van der Waals surface area contributed by atoms with E-state index >= 15 is 0 Å². The summed E-state index contributed by atoms with van der Waals surface area (Å²) in [6.45, 7) is 0.235. The van der Waals surface area contributed by atoms with Crippen molar-refractivity contribution in [2.45, 2.75) is 12.6 Å². The van der Waals surface area contributed by atoms with E-state index in [-0.39, 0.29) is 6.54 Å². The number of nitrogens with two attached hydrogens (primary N) is 1. The second kappa shape index (κ2) is 4.15. The van der Waals surface area contributed by atoms with Crippen molar-refractivity contribution in [2.75, 3.05) is 0 Å². The number of carboxylic acids is 1. The van der Waals surface area contributed by atoms with Crippen LogP contribution < -0.4 is 5.73 Å². The molecule has 0 saturated heterocycles. The Morgan fingerprint density at radius 2 is 2.25 bits per heavy atom. The molecule has 5 heteroatoms. The Kier molecular flexibility index (Phi) is 2.85. The molecule has 0 aliphatic carbocycles. The highest BCUT2D eigenvalue weighted by Gasteiger charge is 2.13. The molecule has 2 aromatic rings. The molecule has 0 spiro atoms. The zero-order valence-electron chi connectivity index (χ0n) is 8.43. The zero-order chi connectivity index (χ0) is 11.7. The number of hydrogen-bond acceptors (Lipinski definition) is 2. The van der Waals surface area contributed by atoms with E-state index in [4.69, 9.17) is 22.4 Å². The SMILES string of the molecule is NC(Cn1ccc2c(Cl)cccc21)C(=O)O. The maximum atomic E-state index is 10.7. The fourth-order valence-corrected chi connectivity index (χ4v) is 1.87. The lowest BCUT2D eigenvalue weighted by Gasteiger charge is -2.09. The first-order chi connectivity index (χ1) is 7.59. The molecule has 1 unspecified atom stereocenters. The Morgan fingerprint density at radius 3 is 2.94 bits per heavy atom. The molecule has 1 heterocycles. The lowest BCUT2D eigenvalue weighted by Crippen LogP contribution is -2.34. The van der Waals surface area contributed by atoms with Gasteiger partial charge in [0, 0.05) is 28.7 Å². The smallest absolute Gasteiger partial charge is 0.322 e. The van der Waals surface area contributed by atoms with Gasteiger partial charge in [-0.1, -0.05) is 17.7 Å². The molecule has 0 saturated carbocycles. The maximum Gasteiger partial charge on any atom is 0.322 e. The van der Waals surface area contributed by atoms with Gasteiger partial charge in [-0.05, 0) is 18.2 Å². The van der Waals surface area contributed by atoms with E-state index in [1.54, 1.807) is 16.8 Å². The first kappa shape index (κ1) is 11.0. The third-order valence-corrected chi connectivity index (χ3v) is 2.80. The van der Waals surface area contributed by atoms with E-state index in [0.717, 1.165) is 10.9 Å². The Hall–Kier alpha value is -1.52. The molecule has 0 aliphatic heterocycles. The van der Waals surface area contributed by atoms with Gasteiger partial charge in [0.25, 0.3) is 0 Å². The molecule has 16 heavy (non-hydrogen) atoms. The maximum absolute atomic E-state index is 10.7. The van der Waals surface area contributed by atoms with Gasteiger partial charge in [0.05, 0.1) is 0 Å². The van der Waals surface area contributed by atoms with Gasteiger partial charge >= 0.3 is 5.97 Å². The van der Waals surface area contributed by atoms with Gasteiger partial charge in [0.1, 0.15) is 6.04 Å². The van der Waals surface area contributed by atoms with Gasteiger partial charge in [-0.15, -0.1) is 0 Å². The molecule has 0 radical (unpaired) electrons. The molecule has 1 aromatic heterocycles. The average molecular weight is 239 g/mol. The molecule has 2 rings (SSSR count). The number of fused-ring (bicyclic) bond motifs is 1. The monoisotopic (exact) mass is 238 g/mol. The minimum Gasteiger partial charge on any atom is -0.480 e. The van der Waals surface area contributed by atoms with Crippen LogP contribution in [0.2, 0.25) is 5.02 Å². The molecule has 0 aliphatic rings. The Labute approximate surface area is 97.2 Å². The number of carboxylic acid groups (broad SMARTS) is 1. The van der Waals surface area contributed by atoms with Crippen molar-refractivity contribution >= 4 is 28.5 Å². The number of carbonyl (C=O) groups is 1. The fraction of sp³-hybridized carbons (Fsp3) is 0.182. The number of hydrogen-bond donors (Lipinski definition) is 2. The molecule has 4 nitrogen and oxygen atoms in total. The topological polar surface area (TPSA) is 68.2 Å². The standard InChI is InChI=1S/C11H11ClN2O2/c12-8-2-1-3-10-7(8)4-5-14(10)6-9(13)11(15)16/h1-5,9H,6,13H2,(H,15,16). The minimum absolute atomic E-state index is 0.235. The van der Waals surface area contributed by atoms with Gasteiger partial charge in [-0.25, -0.2) is 0 Å². The molecule has 84 valence electrons. The van der Waals surface area contributed by atoms with Crippen LogP contribution in [0.1, 0.15) is 0 Å². The summed E-state index contributed by atoms with van der Waals surface area (Å²) in [6.07, 6.45) is 1.79. The highest BCUT2D eigenvalue weighted by Crippen LogP contribution is 2.24. The van der Waals surface area contributed by atoms with Crippen molar-refractivity contribution in [1.29, 1.82) is 0 Å². The molecular weight excluding hydrogens is 228 g/mol. The van der Waals surface area contributed by atoms with Crippen LogP contribution in [0.15, 0.2) is 30.5 Å². The number of rotatable bonds is 3. The summed E-state index contributed by atoms with van der Waals surface area (Å²) in [6, 6.07) is 6.45. The quantitative estimate of drug-likeness (QED) is 0.855. The van der Waals surface area contributed by atoms with Gasteiger partial charge < -0.3 is 15.4 Å². The van der Waals surface area contributed by atoms with Crippen molar-refractivity contribution in [2.24, 2.45) is 5.73 Å². The van der Waals surface area contributed by atoms with Crippen LogP contribution in [-0.2, 0) is 11.3 Å². The van der Waals surface area contributed by atoms with Crippen LogP contribution in [0.25, 0.3) is 10.9 Å². The summed E-state index contributed by atoms with van der Waals surface area (Å²) in [7, 11) is 0. The fourth-order valence-electron chi connectivity index (χ4n) is 1.64. The molecule has 0 amide bonds. The van der Waals surface area contributed by atoms with E-state index in [0.29, 0.717) is 5.02 Å². The molecule has 0 bridgehead atoms. The van der Waals surface area contributed by atoms with Crippen LogP contribution in [0.3, 0.4) is 0 Å². The lowest BCUT2D eigenvalue weighted by molar-refractivity contribution is -0.138. The van der Waals surface area contributed by atoms with Crippen LogP contribution >= 0.6 is 11.6 Å². The van der Waals surface area contributed by atoms with Crippen molar-refractivity contribution in [1.82, 2.24) is 4.57 Å². The number of nitrogens with zero attached hydrogens (tertiary/aromatic N) is 1. The van der Waals surface area contributed by atoms with Crippen molar-refractivity contribution < 1.29 is 9.90 Å². The Bertz CT molecular complexity index is 536. The summed E-state index contributed by atoms with van der Waals surface area (Å²) in [5, 5.41) is 10.3. The molecule has 1 aromatic carbocycles. The van der Waals surface area contributed by atoms with E-state index < -0.39 is 12.0 Å². The molecule has 3 N–H and O–H groups in total. The third-order valence-electron chi connectivity index (χ3n) is 2.47. The van der Waals surface area contributed by atoms with Gasteiger partial charge in [-0.3, -0.25) is 4.79 Å². The first-order valence-electron chi connectivity index (χ1n) is 4.81. The number of aromatic nitrogens is 1. The predicted octanol–water partition coefficient (Wildman–Crippen LogP) is 1.71. The molecule has 0 fully saturated rings. The van der Waals surface area contributed by atoms with Crippen LogP contribution in [0.4, 0.5) is 0 Å². The largest absolute Gasteiger partial charge is 0.480 e. The number of halogens is 1. The summed E-state index contributed by atoms with van der Waals surface area (Å²) >= 11 is 6.01. The molecule has 1 atom stereocenters. The van der Waals surface area contributed by atoms with Crippen LogP contribution in [0, 0.1) is 0 Å². The highest BCUT2D eigenvalue weighted by atomic mass is 35.5. The van der Waals surface area contributed by atoms with Crippen LogP contribution in [0.5, 0.6) is 0 Å². The second-order valence-corrected chi connectivity index (χ2v) is 3.99. The Morgan fingerprint density at radius 1 is 1.50 bits per heavy atom. The minimum atomic E-state index is -1.01. The molecular formula is C11H11ClN2O2. The van der Waals surface area contributed by atoms with Crippen molar-refractivity contribution in [3.05, 3.63) is 35.5 Å². The zero-order valence-corrected chi connectivity index (χ0v) is 9.19. The third kappa shape index (κ3) is 1.89. The lowest BCUT2D eigenvalue weighted by atomic mass is 10.2. The first-order valence-corrected chi connectivity index (χ1v) is 5.19. The van der Waals surface area contributed by atoms with E-state index in [2.05, 4.69) is 0 Å². The Balaban J connectivity index is 2.39. The highest BCUT2D eigenvalue weighted by molar-refractivity contribution is 6.35. The summed E-state index contributed by atoms with van der Waals surface area (Å²) in [5.74, 6) is -1.01. The van der Waals surface area contributed by atoms with Crippen molar-refractivity contribution in [3.8, 4) is 0 Å². The van der Waals surface area contributed by atoms with E-state index in [9.17, 15) is 4.79 Å². The van der Waals surface area contributed by atoms with E-state index in [1.807, 2.05) is 18.2 Å². The normalized spacial score (nSPS) is 12.9. The number of benzene rings is 1. The predicted molar refractivity (Wildman–Crippen MR) is 62.6 cm³/mol. The van der Waals surface area contributed by atoms with E-state index in [1.165, 1.54) is 0 Å². The van der Waals surface area contributed by atoms with Crippen LogP contribution in [-0.4, -0.2) is 21.7 Å².